The summed E-state index contributed by atoms with van der Waals surface area (Å²) < 4.78 is 3.24. The highest BCUT2D eigenvalue weighted by molar-refractivity contribution is 5.97. The second kappa shape index (κ2) is 10.7. The molecule has 0 atom stereocenters. The van der Waals surface area contributed by atoms with Crippen LogP contribution in [0.3, 0.4) is 0 Å². The molecule has 12 nitrogen and oxygen atoms in total. The molecular weight excluding hydrogens is 464 g/mol. The average Bonchev–Trinajstić information content (AvgIpc) is 3.48. The molecule has 1 aliphatic rings. The Kier molecular flexibility index (Phi) is 7.41. The molecule has 3 aromatic heterocycles. The monoisotopic (exact) mass is 494 g/mol. The summed E-state index contributed by atoms with van der Waals surface area (Å²) in [6.45, 7) is 5.52. The molecule has 0 radical (unpaired) electrons. The summed E-state index contributed by atoms with van der Waals surface area (Å²) >= 11 is 0. The number of carbonyl (C=O) groups is 2. The second-order valence-corrected chi connectivity index (χ2v) is 9.03. The molecule has 1 aliphatic heterocycles. The van der Waals surface area contributed by atoms with E-state index in [-0.39, 0.29) is 28.9 Å². The number of aryl methyl sites for hydroxylation is 4. The maximum atomic E-state index is 13.1. The van der Waals surface area contributed by atoms with Gasteiger partial charge in [-0.25, -0.2) is 4.98 Å². The van der Waals surface area contributed by atoms with Crippen molar-refractivity contribution in [3.63, 3.8) is 0 Å². The fourth-order valence-corrected chi connectivity index (χ4v) is 4.67. The fourth-order valence-electron chi connectivity index (χ4n) is 4.67. The molecule has 0 saturated carbocycles. The molecule has 1 fully saturated rings. The second-order valence-electron chi connectivity index (χ2n) is 9.03. The van der Waals surface area contributed by atoms with Gasteiger partial charge in [0.2, 0.25) is 5.69 Å². The lowest BCUT2D eigenvalue weighted by atomic mass is 9.89. The summed E-state index contributed by atoms with van der Waals surface area (Å²) in [5, 5.41) is 18.5. The molecule has 1 saturated heterocycles. The number of nitrogens with zero attached hydrogens (tertiary/aromatic N) is 7. The van der Waals surface area contributed by atoms with E-state index in [1.165, 1.54) is 18.7 Å². The molecule has 36 heavy (non-hydrogen) atoms. The van der Waals surface area contributed by atoms with Crippen molar-refractivity contribution < 1.29 is 14.5 Å². The number of nitrogens with one attached hydrogen (secondary N) is 1. The van der Waals surface area contributed by atoms with Gasteiger partial charge in [0, 0.05) is 57.2 Å². The lowest BCUT2D eigenvalue weighted by Gasteiger charge is -2.32. The molecule has 0 spiro atoms. The number of amides is 2. The Balaban J connectivity index is 1.41. The highest BCUT2D eigenvalue weighted by Gasteiger charge is 2.35. The minimum atomic E-state index is -0.556. The molecule has 0 aromatic carbocycles. The van der Waals surface area contributed by atoms with Crippen molar-refractivity contribution in [2.75, 3.05) is 19.6 Å². The number of carbonyl (C=O) groups excluding carboxylic acids is 2. The first-order valence-corrected chi connectivity index (χ1v) is 11.9. The zero-order valence-corrected chi connectivity index (χ0v) is 20.7. The van der Waals surface area contributed by atoms with Crippen molar-refractivity contribution in [3.05, 3.63) is 69.3 Å². The Labute approximate surface area is 208 Å². The molecule has 0 aliphatic carbocycles. The minimum absolute atomic E-state index is 0.00362. The van der Waals surface area contributed by atoms with E-state index >= 15 is 0 Å². The molecule has 2 amide bonds. The number of aromatic nitrogens is 5. The third-order valence-corrected chi connectivity index (χ3v) is 6.49. The Morgan fingerprint density at radius 2 is 1.97 bits per heavy atom. The lowest BCUT2D eigenvalue weighted by molar-refractivity contribution is -0.385. The van der Waals surface area contributed by atoms with E-state index in [1.54, 1.807) is 17.4 Å². The van der Waals surface area contributed by atoms with Crippen LogP contribution in [-0.4, -0.2) is 65.6 Å². The molecular formula is C24H30N8O4. The van der Waals surface area contributed by atoms with Crippen molar-refractivity contribution in [3.8, 4) is 0 Å². The van der Waals surface area contributed by atoms with Crippen molar-refractivity contribution in [2.24, 2.45) is 7.05 Å². The topological polar surface area (TPSA) is 141 Å². The Hall–Kier alpha value is -4.09. The van der Waals surface area contributed by atoms with Crippen molar-refractivity contribution in [1.82, 2.24) is 34.5 Å². The Morgan fingerprint density at radius 1 is 1.22 bits per heavy atom. The Bertz CT molecular complexity index is 1260. The summed E-state index contributed by atoms with van der Waals surface area (Å²) in [5.74, 6) is -0.567. The van der Waals surface area contributed by atoms with Crippen molar-refractivity contribution in [2.45, 2.75) is 45.6 Å². The first-order chi connectivity index (χ1) is 17.3. The van der Waals surface area contributed by atoms with Crippen LogP contribution < -0.4 is 5.32 Å². The van der Waals surface area contributed by atoms with Gasteiger partial charge in [0.1, 0.15) is 5.69 Å². The highest BCUT2D eigenvalue weighted by atomic mass is 16.6. The van der Waals surface area contributed by atoms with Gasteiger partial charge in [-0.1, -0.05) is 0 Å². The average molecular weight is 495 g/mol. The van der Waals surface area contributed by atoms with E-state index in [1.807, 2.05) is 29.8 Å². The molecule has 3 aromatic rings. The maximum absolute atomic E-state index is 13.1. The molecule has 1 N–H and O–H groups in total. The Morgan fingerprint density at radius 3 is 2.64 bits per heavy atom. The highest BCUT2D eigenvalue weighted by Crippen LogP contribution is 2.31. The van der Waals surface area contributed by atoms with Crippen LogP contribution >= 0.6 is 0 Å². The molecule has 0 unspecified atom stereocenters. The van der Waals surface area contributed by atoms with Crippen LogP contribution in [0, 0.1) is 24.0 Å². The van der Waals surface area contributed by atoms with Gasteiger partial charge in [-0.2, -0.15) is 5.10 Å². The van der Waals surface area contributed by atoms with Gasteiger partial charge in [-0.3, -0.25) is 29.4 Å². The van der Waals surface area contributed by atoms with Gasteiger partial charge in [-0.05, 0) is 45.2 Å². The normalized spacial score (nSPS) is 14.1. The van der Waals surface area contributed by atoms with Gasteiger partial charge in [0.05, 0.1) is 22.5 Å². The van der Waals surface area contributed by atoms with Crippen LogP contribution in [0.5, 0.6) is 0 Å². The fraction of sp³-hybridized carbons (Fsp3) is 0.458. The number of pyridine rings is 1. The number of rotatable bonds is 8. The smallest absolute Gasteiger partial charge is 0.322 e. The number of hydrogen-bond acceptors (Lipinski definition) is 7. The summed E-state index contributed by atoms with van der Waals surface area (Å²) in [6.07, 6.45) is 7.34. The summed E-state index contributed by atoms with van der Waals surface area (Å²) in [7, 11) is 1.54. The van der Waals surface area contributed by atoms with Crippen LogP contribution in [0.15, 0.2) is 30.9 Å². The molecule has 12 heteroatoms. The summed E-state index contributed by atoms with van der Waals surface area (Å²) in [6, 6.07) is 3.63. The molecule has 4 heterocycles. The van der Waals surface area contributed by atoms with Crippen molar-refractivity contribution >= 4 is 17.5 Å². The van der Waals surface area contributed by atoms with E-state index in [9.17, 15) is 19.7 Å². The third kappa shape index (κ3) is 5.26. The van der Waals surface area contributed by atoms with E-state index in [0.717, 1.165) is 24.4 Å². The zero-order chi connectivity index (χ0) is 25.8. The quantitative estimate of drug-likeness (QED) is 0.288. The number of hydrogen-bond donors (Lipinski definition) is 1. The van der Waals surface area contributed by atoms with Crippen molar-refractivity contribution in [1.29, 1.82) is 0 Å². The number of likely N-dealkylation sites (tertiary alicyclic amines) is 1. The lowest BCUT2D eigenvalue weighted by Crippen LogP contribution is -2.39. The first-order valence-electron chi connectivity index (χ1n) is 11.9. The predicted molar refractivity (Wildman–Crippen MR) is 131 cm³/mol. The van der Waals surface area contributed by atoms with E-state index in [0.29, 0.717) is 38.0 Å². The van der Waals surface area contributed by atoms with E-state index in [2.05, 4.69) is 20.4 Å². The summed E-state index contributed by atoms with van der Waals surface area (Å²) in [4.78, 5) is 47.4. The SMILES string of the molecule is Cc1ccc(C(=O)NCCCn2ccnc2)c(C2CCN(C(=O)c3c([N+](=O)[O-])c(C)nn3C)CC2)n1. The molecule has 190 valence electrons. The maximum Gasteiger partial charge on any atom is 0.322 e. The third-order valence-electron chi connectivity index (χ3n) is 6.49. The van der Waals surface area contributed by atoms with Gasteiger partial charge in [0.25, 0.3) is 11.8 Å². The molecule has 4 rings (SSSR count). The van der Waals surface area contributed by atoms with Gasteiger partial charge in [0.15, 0.2) is 0 Å². The van der Waals surface area contributed by atoms with Crippen LogP contribution in [0.1, 0.15) is 63.1 Å². The van der Waals surface area contributed by atoms with E-state index < -0.39 is 10.8 Å². The van der Waals surface area contributed by atoms with Gasteiger partial charge in [-0.15, -0.1) is 0 Å². The largest absolute Gasteiger partial charge is 0.352 e. The van der Waals surface area contributed by atoms with Crippen LogP contribution in [0.4, 0.5) is 5.69 Å². The number of imidazole rings is 1. The molecule has 0 bridgehead atoms. The zero-order valence-electron chi connectivity index (χ0n) is 20.7. The number of nitro groups is 1. The van der Waals surface area contributed by atoms with Gasteiger partial charge < -0.3 is 14.8 Å². The van der Waals surface area contributed by atoms with Gasteiger partial charge >= 0.3 is 5.69 Å². The van der Waals surface area contributed by atoms with Crippen LogP contribution in [0.2, 0.25) is 0 Å². The number of piperidine rings is 1. The van der Waals surface area contributed by atoms with E-state index in [4.69, 9.17) is 0 Å². The van der Waals surface area contributed by atoms with Crippen LogP contribution in [-0.2, 0) is 13.6 Å². The first kappa shape index (κ1) is 25.0. The standard InChI is InChI=1S/C24H30N8O4/c1-16-5-6-19(23(33)26-9-4-11-30-14-10-25-15-30)20(27-16)18-7-12-31(13-8-18)24(34)22-21(32(35)36)17(2)28-29(22)3/h5-6,10,14-15,18H,4,7-9,11-13H2,1-3H3,(H,26,33). The minimum Gasteiger partial charge on any atom is -0.352 e. The predicted octanol–water partition coefficient (Wildman–Crippen LogP) is 2.38. The summed E-state index contributed by atoms with van der Waals surface area (Å²) in [5.41, 5.74) is 2.05. The van der Waals surface area contributed by atoms with Crippen LogP contribution in [0.25, 0.3) is 0 Å².